The summed E-state index contributed by atoms with van der Waals surface area (Å²) in [6.07, 6.45) is 3.87. The molecule has 0 amide bonds. The van der Waals surface area contributed by atoms with Crippen molar-refractivity contribution in [3.8, 4) is 0 Å². The van der Waals surface area contributed by atoms with Crippen LogP contribution in [0.15, 0.2) is 22.9 Å². The summed E-state index contributed by atoms with van der Waals surface area (Å²) in [6.45, 7) is 2.90. The van der Waals surface area contributed by atoms with Crippen molar-refractivity contribution in [2.45, 2.75) is 6.92 Å². The predicted molar refractivity (Wildman–Crippen MR) is 35.7 cm³/mol. The van der Waals surface area contributed by atoms with Crippen LogP contribution in [0.4, 0.5) is 0 Å². The minimum absolute atomic E-state index is 0.816. The largest absolute Gasteiger partial charge is 0.386 e. The number of allylic oxidation sites excluding steroid dienone is 2. The Hall–Kier alpha value is -0.430. The van der Waals surface area contributed by atoms with Gasteiger partial charge in [0.1, 0.15) is 0 Å². The Morgan fingerprint density at radius 1 is 1.75 bits per heavy atom. The zero-order valence-electron chi connectivity index (χ0n) is 4.74. The van der Waals surface area contributed by atoms with Crippen molar-refractivity contribution in [1.82, 2.24) is 5.32 Å². The third-order valence-electron chi connectivity index (χ3n) is 1.13. The van der Waals surface area contributed by atoms with E-state index in [1.54, 1.807) is 0 Å². The predicted octanol–water partition coefficient (Wildman–Crippen LogP) is 1.62. The van der Waals surface area contributed by atoms with Crippen molar-refractivity contribution < 1.29 is 0 Å². The molecule has 1 rings (SSSR count). The Balaban J connectivity index is 2.73. The molecule has 2 heteroatoms. The highest BCUT2D eigenvalue weighted by Crippen LogP contribution is 2.13. The first kappa shape index (κ1) is 5.70. The number of hydrogen-bond acceptors (Lipinski definition) is 1. The fourth-order valence-electron chi connectivity index (χ4n) is 0.572. The lowest BCUT2D eigenvalue weighted by molar-refractivity contribution is 0.953. The standard InChI is InChI=1S/C6H8ClN/c1-5-2-3-8-4-6(5)7/h2,4,8H,3H2,1H3. The fourth-order valence-corrected chi connectivity index (χ4v) is 0.726. The monoisotopic (exact) mass is 129 g/mol. The molecule has 0 fully saturated rings. The lowest BCUT2D eigenvalue weighted by Gasteiger charge is -2.06. The minimum Gasteiger partial charge on any atom is -0.386 e. The molecule has 0 aromatic heterocycles. The highest BCUT2D eigenvalue weighted by Gasteiger charge is 1.97. The van der Waals surface area contributed by atoms with Crippen LogP contribution >= 0.6 is 11.6 Å². The van der Waals surface area contributed by atoms with Gasteiger partial charge in [0, 0.05) is 12.7 Å². The summed E-state index contributed by atoms with van der Waals surface area (Å²) < 4.78 is 0. The van der Waals surface area contributed by atoms with E-state index in [1.165, 1.54) is 0 Å². The second-order valence-electron chi connectivity index (χ2n) is 1.79. The van der Waals surface area contributed by atoms with Gasteiger partial charge in [-0.2, -0.15) is 0 Å². The average Bonchev–Trinajstić information content (AvgIpc) is 1.77. The zero-order valence-corrected chi connectivity index (χ0v) is 5.50. The third-order valence-corrected chi connectivity index (χ3v) is 1.54. The summed E-state index contributed by atoms with van der Waals surface area (Å²) in [7, 11) is 0. The summed E-state index contributed by atoms with van der Waals surface area (Å²) >= 11 is 5.70. The Kier molecular flexibility index (Phi) is 1.59. The first-order valence-corrected chi connectivity index (χ1v) is 2.94. The number of rotatable bonds is 0. The number of dihydropyridines is 1. The van der Waals surface area contributed by atoms with Crippen LogP contribution in [0.1, 0.15) is 6.92 Å². The molecule has 0 unspecified atom stereocenters. The third kappa shape index (κ3) is 1.04. The molecule has 0 aromatic rings. The van der Waals surface area contributed by atoms with Crippen molar-refractivity contribution in [1.29, 1.82) is 0 Å². The van der Waals surface area contributed by atoms with Gasteiger partial charge >= 0.3 is 0 Å². The molecule has 0 saturated carbocycles. The number of hydrogen-bond donors (Lipinski definition) is 1. The summed E-state index contributed by atoms with van der Waals surface area (Å²) in [5, 5.41) is 3.81. The quantitative estimate of drug-likeness (QED) is 0.524. The smallest absolute Gasteiger partial charge is 0.0589 e. The Labute approximate surface area is 54.0 Å². The van der Waals surface area contributed by atoms with E-state index in [1.807, 2.05) is 13.1 Å². The van der Waals surface area contributed by atoms with Crippen LogP contribution in [0.25, 0.3) is 0 Å². The van der Waals surface area contributed by atoms with Crippen LogP contribution in [0.5, 0.6) is 0 Å². The topological polar surface area (TPSA) is 12.0 Å². The summed E-state index contributed by atoms with van der Waals surface area (Å²) in [4.78, 5) is 0. The molecular weight excluding hydrogens is 122 g/mol. The molecule has 0 saturated heterocycles. The van der Waals surface area contributed by atoms with E-state index in [0.29, 0.717) is 0 Å². The van der Waals surface area contributed by atoms with Gasteiger partial charge in [-0.1, -0.05) is 17.7 Å². The normalized spacial score (nSPS) is 18.8. The Morgan fingerprint density at radius 3 is 2.88 bits per heavy atom. The molecule has 1 aliphatic rings. The second-order valence-corrected chi connectivity index (χ2v) is 2.19. The number of nitrogens with one attached hydrogen (secondary N) is 1. The van der Waals surface area contributed by atoms with Crippen molar-refractivity contribution in [2.24, 2.45) is 0 Å². The van der Waals surface area contributed by atoms with Gasteiger partial charge in [0.05, 0.1) is 5.03 Å². The van der Waals surface area contributed by atoms with E-state index >= 15 is 0 Å². The Morgan fingerprint density at radius 2 is 2.50 bits per heavy atom. The second kappa shape index (κ2) is 2.23. The van der Waals surface area contributed by atoms with Crippen LogP contribution in [-0.4, -0.2) is 6.54 Å². The summed E-state index contributed by atoms with van der Waals surface area (Å²) in [5.41, 5.74) is 1.16. The summed E-state index contributed by atoms with van der Waals surface area (Å²) in [6, 6.07) is 0. The molecule has 0 aliphatic carbocycles. The van der Waals surface area contributed by atoms with Crippen LogP contribution in [0.3, 0.4) is 0 Å². The average molecular weight is 130 g/mol. The molecular formula is C6H8ClN. The first-order chi connectivity index (χ1) is 3.80. The lowest BCUT2D eigenvalue weighted by atomic mass is 10.2. The fraction of sp³-hybridized carbons (Fsp3) is 0.333. The molecule has 0 spiro atoms. The molecule has 0 atom stereocenters. The highest BCUT2D eigenvalue weighted by atomic mass is 35.5. The van der Waals surface area contributed by atoms with Crippen LogP contribution in [0.2, 0.25) is 0 Å². The van der Waals surface area contributed by atoms with E-state index in [-0.39, 0.29) is 0 Å². The molecule has 1 aliphatic heterocycles. The Bertz CT molecular complexity index is 129. The van der Waals surface area contributed by atoms with Gasteiger partial charge in [0.2, 0.25) is 0 Å². The highest BCUT2D eigenvalue weighted by molar-refractivity contribution is 6.31. The molecule has 44 valence electrons. The number of halogens is 1. The van der Waals surface area contributed by atoms with Gasteiger partial charge in [0.25, 0.3) is 0 Å². The van der Waals surface area contributed by atoms with E-state index in [4.69, 9.17) is 11.6 Å². The van der Waals surface area contributed by atoms with Gasteiger partial charge in [0.15, 0.2) is 0 Å². The molecule has 1 heterocycles. The lowest BCUT2D eigenvalue weighted by Crippen LogP contribution is -2.09. The first-order valence-electron chi connectivity index (χ1n) is 2.57. The molecule has 0 bridgehead atoms. The van der Waals surface area contributed by atoms with Crippen molar-refractivity contribution in [2.75, 3.05) is 6.54 Å². The molecule has 8 heavy (non-hydrogen) atoms. The zero-order chi connectivity index (χ0) is 5.98. The van der Waals surface area contributed by atoms with Gasteiger partial charge in [-0.3, -0.25) is 0 Å². The van der Waals surface area contributed by atoms with E-state index in [2.05, 4.69) is 11.4 Å². The van der Waals surface area contributed by atoms with Gasteiger partial charge in [-0.15, -0.1) is 0 Å². The molecule has 1 nitrogen and oxygen atoms in total. The van der Waals surface area contributed by atoms with Crippen molar-refractivity contribution in [3.05, 3.63) is 22.9 Å². The summed E-state index contributed by atoms with van der Waals surface area (Å²) in [5.74, 6) is 0. The maximum atomic E-state index is 5.70. The van der Waals surface area contributed by atoms with Crippen molar-refractivity contribution >= 4 is 11.6 Å². The van der Waals surface area contributed by atoms with Gasteiger partial charge in [-0.05, 0) is 12.5 Å². The minimum atomic E-state index is 0.816. The maximum Gasteiger partial charge on any atom is 0.0589 e. The van der Waals surface area contributed by atoms with Crippen molar-refractivity contribution in [3.63, 3.8) is 0 Å². The van der Waals surface area contributed by atoms with Crippen LogP contribution in [0, 0.1) is 0 Å². The SMILES string of the molecule is CC1=CCNC=C1Cl. The van der Waals surface area contributed by atoms with E-state index in [9.17, 15) is 0 Å². The van der Waals surface area contributed by atoms with Gasteiger partial charge < -0.3 is 5.32 Å². The van der Waals surface area contributed by atoms with Crippen LogP contribution < -0.4 is 5.32 Å². The van der Waals surface area contributed by atoms with E-state index in [0.717, 1.165) is 17.2 Å². The molecule has 1 N–H and O–H groups in total. The molecule has 0 radical (unpaired) electrons. The molecule has 0 aromatic carbocycles. The maximum absolute atomic E-state index is 5.70. The van der Waals surface area contributed by atoms with E-state index < -0.39 is 0 Å². The van der Waals surface area contributed by atoms with Crippen LogP contribution in [-0.2, 0) is 0 Å². The van der Waals surface area contributed by atoms with Gasteiger partial charge in [-0.25, -0.2) is 0 Å².